The number of hydrogen-bond acceptors (Lipinski definition) is 5. The molecule has 2 fully saturated rings. The van der Waals surface area contributed by atoms with Gasteiger partial charge in [0, 0.05) is 63.8 Å². The van der Waals surface area contributed by atoms with Crippen molar-refractivity contribution in [3.63, 3.8) is 0 Å². The topological polar surface area (TPSA) is 65.0 Å². The maximum absolute atomic E-state index is 14.0. The van der Waals surface area contributed by atoms with E-state index in [2.05, 4.69) is 37.6 Å². The average Bonchev–Trinajstić information content (AvgIpc) is 3.47. The van der Waals surface area contributed by atoms with Gasteiger partial charge in [-0.2, -0.15) is 0 Å². The van der Waals surface area contributed by atoms with Crippen molar-refractivity contribution in [1.29, 1.82) is 0 Å². The Labute approximate surface area is 183 Å². The summed E-state index contributed by atoms with van der Waals surface area (Å²) in [5, 5.41) is 6.96. The first-order valence-corrected chi connectivity index (χ1v) is 10.9. The predicted octanol–water partition coefficient (Wildman–Crippen LogP) is 2.50. The second kappa shape index (κ2) is 9.85. The standard InChI is InChI=1S/C23H31FN6O/c1-25-23(28-18-9-12-30(16-18)22-21(24)7-4-10-26-22)27-14-17-8-11-29(15-17)19-5-3-6-20(13-19)31-2/h3-7,10,13,17-18H,8-9,11-12,14-16H2,1-2H3,(H2,25,27,28). The first-order valence-electron chi connectivity index (χ1n) is 10.9. The van der Waals surface area contributed by atoms with Gasteiger partial charge >= 0.3 is 0 Å². The molecule has 2 aromatic rings. The third-order valence-electron chi connectivity index (χ3n) is 6.05. The summed E-state index contributed by atoms with van der Waals surface area (Å²) in [6.45, 7) is 4.40. The highest BCUT2D eigenvalue weighted by atomic mass is 19.1. The van der Waals surface area contributed by atoms with Gasteiger partial charge in [0.25, 0.3) is 0 Å². The van der Waals surface area contributed by atoms with Gasteiger partial charge in [-0.15, -0.1) is 0 Å². The molecular formula is C23H31FN6O. The van der Waals surface area contributed by atoms with Gasteiger partial charge in [0.15, 0.2) is 17.6 Å². The van der Waals surface area contributed by atoms with Gasteiger partial charge in [0.1, 0.15) is 5.75 Å². The Morgan fingerprint density at radius 1 is 1.19 bits per heavy atom. The van der Waals surface area contributed by atoms with Crippen LogP contribution in [0.3, 0.4) is 0 Å². The van der Waals surface area contributed by atoms with E-state index in [1.165, 1.54) is 11.8 Å². The van der Waals surface area contributed by atoms with Crippen molar-refractivity contribution in [2.24, 2.45) is 10.9 Å². The molecule has 1 aromatic carbocycles. The molecule has 2 unspecified atom stereocenters. The van der Waals surface area contributed by atoms with E-state index in [0.29, 0.717) is 18.3 Å². The number of methoxy groups -OCH3 is 1. The SMILES string of the molecule is CN=C(NCC1CCN(c2cccc(OC)c2)C1)NC1CCN(c2ncccc2F)C1. The molecule has 0 radical (unpaired) electrons. The molecule has 2 saturated heterocycles. The average molecular weight is 427 g/mol. The summed E-state index contributed by atoms with van der Waals surface area (Å²) in [7, 11) is 3.49. The van der Waals surface area contributed by atoms with Gasteiger partial charge in [-0.1, -0.05) is 6.07 Å². The number of nitrogens with one attached hydrogen (secondary N) is 2. The largest absolute Gasteiger partial charge is 0.497 e. The molecule has 31 heavy (non-hydrogen) atoms. The van der Waals surface area contributed by atoms with E-state index in [4.69, 9.17) is 4.74 Å². The maximum Gasteiger partial charge on any atom is 0.191 e. The zero-order valence-electron chi connectivity index (χ0n) is 18.2. The number of anilines is 2. The monoisotopic (exact) mass is 426 g/mol. The van der Waals surface area contributed by atoms with Crippen LogP contribution in [-0.4, -0.2) is 63.9 Å². The quantitative estimate of drug-likeness (QED) is 0.547. The Bertz CT molecular complexity index is 907. The molecule has 3 heterocycles. The second-order valence-electron chi connectivity index (χ2n) is 8.14. The molecule has 2 aliphatic heterocycles. The van der Waals surface area contributed by atoms with E-state index in [-0.39, 0.29) is 11.9 Å². The van der Waals surface area contributed by atoms with Crippen LogP contribution >= 0.6 is 0 Å². The summed E-state index contributed by atoms with van der Waals surface area (Å²) in [6, 6.07) is 11.5. The Balaban J connectivity index is 1.24. The number of aromatic nitrogens is 1. The highest BCUT2D eigenvalue weighted by Crippen LogP contribution is 2.26. The second-order valence-corrected chi connectivity index (χ2v) is 8.14. The van der Waals surface area contributed by atoms with Crippen molar-refractivity contribution in [3.05, 3.63) is 48.4 Å². The maximum atomic E-state index is 14.0. The minimum Gasteiger partial charge on any atom is -0.497 e. The third-order valence-corrected chi connectivity index (χ3v) is 6.05. The number of rotatable bonds is 6. The van der Waals surface area contributed by atoms with Crippen LogP contribution in [0.5, 0.6) is 5.75 Å². The van der Waals surface area contributed by atoms with Gasteiger partial charge in [0.2, 0.25) is 0 Å². The molecule has 0 saturated carbocycles. The fourth-order valence-electron chi connectivity index (χ4n) is 4.35. The van der Waals surface area contributed by atoms with Crippen LogP contribution in [0.15, 0.2) is 47.6 Å². The van der Waals surface area contributed by atoms with Crippen LogP contribution in [0, 0.1) is 11.7 Å². The van der Waals surface area contributed by atoms with Crippen LogP contribution in [0.25, 0.3) is 0 Å². The first kappa shape index (κ1) is 21.2. The molecule has 7 nitrogen and oxygen atoms in total. The summed E-state index contributed by atoms with van der Waals surface area (Å²) in [4.78, 5) is 13.0. The molecular weight excluding hydrogens is 395 g/mol. The molecule has 0 spiro atoms. The Hall–Kier alpha value is -3.03. The summed E-state index contributed by atoms with van der Waals surface area (Å²) >= 11 is 0. The van der Waals surface area contributed by atoms with E-state index >= 15 is 0 Å². The predicted molar refractivity (Wildman–Crippen MR) is 123 cm³/mol. The van der Waals surface area contributed by atoms with Crippen LogP contribution in [0.4, 0.5) is 15.9 Å². The lowest BCUT2D eigenvalue weighted by molar-refractivity contribution is 0.415. The van der Waals surface area contributed by atoms with Crippen molar-refractivity contribution in [3.8, 4) is 5.75 Å². The molecule has 2 atom stereocenters. The lowest BCUT2D eigenvalue weighted by atomic mass is 10.1. The number of aliphatic imine (C=N–C) groups is 1. The Morgan fingerprint density at radius 3 is 2.87 bits per heavy atom. The third kappa shape index (κ3) is 5.18. The number of ether oxygens (including phenoxy) is 1. The number of pyridine rings is 1. The molecule has 0 amide bonds. The summed E-state index contributed by atoms with van der Waals surface area (Å²) in [5.74, 6) is 2.39. The van der Waals surface area contributed by atoms with Crippen molar-refractivity contribution < 1.29 is 9.13 Å². The van der Waals surface area contributed by atoms with Gasteiger partial charge < -0.3 is 25.2 Å². The van der Waals surface area contributed by atoms with Gasteiger partial charge in [-0.3, -0.25) is 4.99 Å². The number of nitrogens with zero attached hydrogens (tertiary/aromatic N) is 4. The lowest BCUT2D eigenvalue weighted by Crippen LogP contribution is -2.46. The summed E-state index contributed by atoms with van der Waals surface area (Å²) in [6.07, 6.45) is 3.69. The van der Waals surface area contributed by atoms with E-state index < -0.39 is 0 Å². The fourth-order valence-corrected chi connectivity index (χ4v) is 4.35. The number of halogens is 1. The summed E-state index contributed by atoms with van der Waals surface area (Å²) < 4.78 is 19.4. The summed E-state index contributed by atoms with van der Waals surface area (Å²) in [5.41, 5.74) is 1.21. The van der Waals surface area contributed by atoms with Crippen LogP contribution in [0.1, 0.15) is 12.8 Å². The van der Waals surface area contributed by atoms with E-state index in [1.54, 1.807) is 26.4 Å². The zero-order valence-corrected chi connectivity index (χ0v) is 18.2. The van der Waals surface area contributed by atoms with Crippen molar-refractivity contribution >= 4 is 17.5 Å². The van der Waals surface area contributed by atoms with E-state index in [9.17, 15) is 4.39 Å². The molecule has 2 aliphatic rings. The highest BCUT2D eigenvalue weighted by Gasteiger charge is 2.27. The molecule has 2 N–H and O–H groups in total. The van der Waals surface area contributed by atoms with Crippen molar-refractivity contribution in [1.82, 2.24) is 15.6 Å². The van der Waals surface area contributed by atoms with Gasteiger partial charge in [0.05, 0.1) is 7.11 Å². The van der Waals surface area contributed by atoms with Crippen LogP contribution < -0.4 is 25.2 Å². The normalized spacial score (nSPS) is 21.5. The smallest absolute Gasteiger partial charge is 0.191 e. The minimum absolute atomic E-state index is 0.212. The Morgan fingerprint density at radius 2 is 2.06 bits per heavy atom. The van der Waals surface area contributed by atoms with Crippen molar-refractivity contribution in [2.45, 2.75) is 18.9 Å². The fraction of sp³-hybridized carbons (Fsp3) is 0.478. The number of guanidine groups is 1. The van der Waals surface area contributed by atoms with E-state index in [1.807, 2.05) is 17.0 Å². The van der Waals surface area contributed by atoms with Crippen molar-refractivity contribution in [2.75, 3.05) is 56.7 Å². The molecule has 1 aromatic heterocycles. The van der Waals surface area contributed by atoms with Gasteiger partial charge in [-0.05, 0) is 43.0 Å². The minimum atomic E-state index is -0.271. The molecule has 0 bridgehead atoms. The van der Waals surface area contributed by atoms with Gasteiger partial charge in [-0.25, -0.2) is 9.37 Å². The first-order chi connectivity index (χ1) is 15.2. The number of benzene rings is 1. The van der Waals surface area contributed by atoms with E-state index in [0.717, 1.165) is 50.7 Å². The highest BCUT2D eigenvalue weighted by molar-refractivity contribution is 5.80. The van der Waals surface area contributed by atoms with Crippen LogP contribution in [0.2, 0.25) is 0 Å². The van der Waals surface area contributed by atoms with Crippen LogP contribution in [-0.2, 0) is 0 Å². The molecule has 8 heteroatoms. The molecule has 0 aliphatic carbocycles. The molecule has 4 rings (SSSR count). The zero-order chi connectivity index (χ0) is 21.6. The Kier molecular flexibility index (Phi) is 6.74. The number of hydrogen-bond donors (Lipinski definition) is 2. The molecule has 166 valence electrons. The lowest BCUT2D eigenvalue weighted by Gasteiger charge is -2.21.